The Balaban J connectivity index is 1.50. The normalized spacial score (nSPS) is 18.5. The Hall–Kier alpha value is -3.08. The number of ether oxygens (including phenoxy) is 3. The molecule has 2 amide bonds. The number of carbonyl (C=O) groups excluding carboxylic acids is 3. The van der Waals surface area contributed by atoms with Crippen LogP contribution in [0.3, 0.4) is 0 Å². The number of piperazine rings is 1. The molecule has 0 aliphatic carbocycles. The zero-order valence-corrected chi connectivity index (χ0v) is 18.4. The molecule has 2 aliphatic heterocycles. The lowest BCUT2D eigenvalue weighted by Gasteiger charge is -2.36. The van der Waals surface area contributed by atoms with E-state index in [2.05, 4.69) is 10.2 Å². The molecule has 2 heterocycles. The number of nitrogens with zero attached hydrogens (tertiary/aromatic N) is 3. The second-order valence-electron chi connectivity index (χ2n) is 7.15. The molecule has 0 unspecified atom stereocenters. The second kappa shape index (κ2) is 10.3. The molecule has 1 atom stereocenters. The fourth-order valence-corrected chi connectivity index (χ4v) is 3.50. The first kappa shape index (κ1) is 22.6. The molecule has 2 fully saturated rings. The van der Waals surface area contributed by atoms with Crippen LogP contribution in [0.1, 0.15) is 6.92 Å². The van der Waals surface area contributed by atoms with E-state index in [9.17, 15) is 14.4 Å². The molecule has 10 nitrogen and oxygen atoms in total. The summed E-state index contributed by atoms with van der Waals surface area (Å²) in [4.78, 5) is 40.6. The van der Waals surface area contributed by atoms with Gasteiger partial charge in [0.1, 0.15) is 6.10 Å². The van der Waals surface area contributed by atoms with Gasteiger partial charge in [-0.1, -0.05) is 0 Å². The molecule has 1 aromatic carbocycles. The van der Waals surface area contributed by atoms with Gasteiger partial charge in [-0.3, -0.25) is 14.5 Å². The molecule has 0 saturated carbocycles. The van der Waals surface area contributed by atoms with Crippen molar-refractivity contribution in [3.05, 3.63) is 24.3 Å². The van der Waals surface area contributed by atoms with E-state index < -0.39 is 12.1 Å². The average molecular weight is 451 g/mol. The quantitative estimate of drug-likeness (QED) is 0.497. The van der Waals surface area contributed by atoms with Gasteiger partial charge in [0.2, 0.25) is 0 Å². The SMILES string of the molecule is COC(=S)NC[C@H]1CN(c2ccc(N3CCN(C(=O)COC(C)=O)CC3)cc2)C(=O)O1. The van der Waals surface area contributed by atoms with Crippen molar-refractivity contribution in [2.24, 2.45) is 0 Å². The lowest BCUT2D eigenvalue weighted by atomic mass is 10.2. The summed E-state index contributed by atoms with van der Waals surface area (Å²) >= 11 is 4.93. The zero-order chi connectivity index (χ0) is 22.4. The fourth-order valence-electron chi connectivity index (χ4n) is 3.42. The summed E-state index contributed by atoms with van der Waals surface area (Å²) < 4.78 is 15.0. The van der Waals surface area contributed by atoms with Gasteiger partial charge in [-0.25, -0.2) is 4.79 Å². The summed E-state index contributed by atoms with van der Waals surface area (Å²) in [5.41, 5.74) is 1.76. The van der Waals surface area contributed by atoms with Crippen LogP contribution < -0.4 is 15.1 Å². The highest BCUT2D eigenvalue weighted by atomic mass is 32.1. The van der Waals surface area contributed by atoms with Crippen molar-refractivity contribution < 1.29 is 28.6 Å². The Labute approximate surface area is 186 Å². The van der Waals surface area contributed by atoms with Crippen LogP contribution in [0.4, 0.5) is 16.2 Å². The van der Waals surface area contributed by atoms with Gasteiger partial charge in [0, 0.05) is 44.5 Å². The smallest absolute Gasteiger partial charge is 0.414 e. The van der Waals surface area contributed by atoms with Crippen LogP contribution in [0.15, 0.2) is 24.3 Å². The highest BCUT2D eigenvalue weighted by molar-refractivity contribution is 7.80. The number of benzene rings is 1. The first-order valence-corrected chi connectivity index (χ1v) is 10.3. The predicted octanol–water partition coefficient (Wildman–Crippen LogP) is 0.744. The average Bonchev–Trinajstić information content (AvgIpc) is 3.16. The van der Waals surface area contributed by atoms with Crippen molar-refractivity contribution in [2.45, 2.75) is 13.0 Å². The maximum absolute atomic E-state index is 12.2. The van der Waals surface area contributed by atoms with Gasteiger partial charge in [0.15, 0.2) is 6.61 Å². The van der Waals surface area contributed by atoms with Crippen LogP contribution in [0.25, 0.3) is 0 Å². The number of thiocarbonyl (C=S) groups is 1. The maximum Gasteiger partial charge on any atom is 0.414 e. The third-order valence-corrected chi connectivity index (χ3v) is 5.40. The number of methoxy groups -OCH3 is 1. The number of anilines is 2. The minimum Gasteiger partial charge on any atom is -0.474 e. The molecule has 0 aromatic heterocycles. The van der Waals surface area contributed by atoms with E-state index in [1.165, 1.54) is 14.0 Å². The van der Waals surface area contributed by atoms with Crippen molar-refractivity contribution in [3.63, 3.8) is 0 Å². The molecule has 1 aromatic rings. The summed E-state index contributed by atoms with van der Waals surface area (Å²) in [7, 11) is 1.48. The minimum atomic E-state index is -0.463. The van der Waals surface area contributed by atoms with E-state index in [1.807, 2.05) is 24.3 Å². The van der Waals surface area contributed by atoms with Crippen LogP contribution in [0.2, 0.25) is 0 Å². The number of carbonyl (C=O) groups is 3. The molecule has 0 bridgehead atoms. The van der Waals surface area contributed by atoms with Gasteiger partial charge in [0.05, 0.1) is 20.2 Å². The Morgan fingerprint density at radius 3 is 2.42 bits per heavy atom. The molecule has 1 N–H and O–H groups in total. The molecular formula is C20H26N4O6S. The van der Waals surface area contributed by atoms with E-state index >= 15 is 0 Å². The molecule has 11 heteroatoms. The van der Waals surface area contributed by atoms with Crippen molar-refractivity contribution in [3.8, 4) is 0 Å². The van der Waals surface area contributed by atoms with Crippen LogP contribution >= 0.6 is 12.2 Å². The number of hydrogen-bond donors (Lipinski definition) is 1. The fraction of sp³-hybridized carbons (Fsp3) is 0.500. The topological polar surface area (TPSA) is 101 Å². The molecule has 0 radical (unpaired) electrons. The van der Waals surface area contributed by atoms with Crippen molar-refractivity contribution >= 4 is 46.7 Å². The van der Waals surface area contributed by atoms with E-state index in [1.54, 1.807) is 9.80 Å². The van der Waals surface area contributed by atoms with Crippen LogP contribution in [0.5, 0.6) is 0 Å². The van der Waals surface area contributed by atoms with Gasteiger partial charge in [-0.2, -0.15) is 0 Å². The van der Waals surface area contributed by atoms with Crippen LogP contribution in [-0.2, 0) is 23.8 Å². The van der Waals surface area contributed by atoms with Gasteiger partial charge < -0.3 is 29.3 Å². The molecule has 0 spiro atoms. The zero-order valence-electron chi connectivity index (χ0n) is 17.5. The molecule has 3 rings (SSSR count). The maximum atomic E-state index is 12.2. The Bertz CT molecular complexity index is 825. The van der Waals surface area contributed by atoms with Gasteiger partial charge in [0.25, 0.3) is 11.1 Å². The predicted molar refractivity (Wildman–Crippen MR) is 117 cm³/mol. The molecule has 2 aliphatic rings. The lowest BCUT2D eigenvalue weighted by Crippen LogP contribution is -2.49. The highest BCUT2D eigenvalue weighted by Crippen LogP contribution is 2.25. The van der Waals surface area contributed by atoms with Crippen molar-refractivity contribution in [1.29, 1.82) is 0 Å². The summed E-state index contributed by atoms with van der Waals surface area (Å²) in [6.07, 6.45) is -0.722. The number of esters is 1. The van der Waals surface area contributed by atoms with E-state index in [0.29, 0.717) is 39.3 Å². The van der Waals surface area contributed by atoms with E-state index in [-0.39, 0.29) is 23.8 Å². The molecule has 31 heavy (non-hydrogen) atoms. The Morgan fingerprint density at radius 1 is 1.16 bits per heavy atom. The minimum absolute atomic E-state index is 0.187. The highest BCUT2D eigenvalue weighted by Gasteiger charge is 2.32. The van der Waals surface area contributed by atoms with E-state index in [4.69, 9.17) is 26.4 Å². The molecule has 2 saturated heterocycles. The van der Waals surface area contributed by atoms with Crippen molar-refractivity contribution in [1.82, 2.24) is 10.2 Å². The Kier molecular flexibility index (Phi) is 7.50. The third-order valence-electron chi connectivity index (χ3n) is 5.09. The number of rotatable bonds is 6. The monoisotopic (exact) mass is 450 g/mol. The van der Waals surface area contributed by atoms with Gasteiger partial charge >= 0.3 is 12.1 Å². The summed E-state index contributed by atoms with van der Waals surface area (Å²) in [6.45, 7) is 4.31. The first-order valence-electron chi connectivity index (χ1n) is 9.93. The summed E-state index contributed by atoms with van der Waals surface area (Å²) in [6, 6.07) is 7.66. The number of hydrogen-bond acceptors (Lipinski definition) is 8. The summed E-state index contributed by atoms with van der Waals surface area (Å²) in [5.74, 6) is -0.650. The van der Waals surface area contributed by atoms with Crippen LogP contribution in [0, 0.1) is 0 Å². The summed E-state index contributed by atoms with van der Waals surface area (Å²) in [5, 5.41) is 3.15. The van der Waals surface area contributed by atoms with Crippen molar-refractivity contribution in [2.75, 3.05) is 62.8 Å². The van der Waals surface area contributed by atoms with Crippen LogP contribution in [-0.4, -0.2) is 87.1 Å². The third kappa shape index (κ3) is 5.97. The number of amides is 2. The lowest BCUT2D eigenvalue weighted by molar-refractivity contribution is -0.150. The number of cyclic esters (lactones) is 1. The largest absolute Gasteiger partial charge is 0.474 e. The molecule has 168 valence electrons. The standard InChI is InChI=1S/C20H26N4O6S/c1-14(25)29-13-18(26)23-9-7-22(8-10-23)15-3-5-16(6-4-15)24-12-17(30-20(24)27)11-21-19(31)28-2/h3-6,17H,7-13H2,1-2H3,(H,21,31)/t17-/m0/s1. The first-order chi connectivity index (χ1) is 14.9. The Morgan fingerprint density at radius 2 is 1.81 bits per heavy atom. The molecular weight excluding hydrogens is 424 g/mol. The second-order valence-corrected chi connectivity index (χ2v) is 7.52. The van der Waals surface area contributed by atoms with E-state index in [0.717, 1.165) is 11.4 Å². The van der Waals surface area contributed by atoms with Gasteiger partial charge in [-0.15, -0.1) is 0 Å². The van der Waals surface area contributed by atoms with Gasteiger partial charge in [-0.05, 0) is 36.5 Å². The number of nitrogens with one attached hydrogen (secondary N) is 1.